The van der Waals surface area contributed by atoms with E-state index in [4.69, 9.17) is 17.3 Å². The molecule has 2 rings (SSSR count). The number of hydrogen-bond acceptors (Lipinski definition) is 4. The quantitative estimate of drug-likeness (QED) is 0.831. The first kappa shape index (κ1) is 16.5. The molecule has 21 heavy (non-hydrogen) atoms. The number of aryl methyl sites for hydroxylation is 1. The maximum atomic E-state index is 12.9. The highest BCUT2D eigenvalue weighted by Gasteiger charge is 2.33. The number of hydrogen-bond donors (Lipinski definition) is 2. The van der Waals surface area contributed by atoms with Gasteiger partial charge in [0, 0.05) is 12.6 Å². The van der Waals surface area contributed by atoms with Gasteiger partial charge in [-0.15, -0.1) is 0 Å². The number of nitrogens with two attached hydrogens (primary N) is 1. The lowest BCUT2D eigenvalue weighted by Crippen LogP contribution is -2.42. The highest BCUT2D eigenvalue weighted by atomic mass is 35.5. The van der Waals surface area contributed by atoms with Crippen molar-refractivity contribution in [1.82, 2.24) is 4.31 Å². The van der Waals surface area contributed by atoms with E-state index >= 15 is 0 Å². The van der Waals surface area contributed by atoms with E-state index in [1.165, 1.54) is 10.4 Å². The lowest BCUT2D eigenvalue weighted by atomic mass is 10.1. The first-order chi connectivity index (χ1) is 9.87. The zero-order valence-electron chi connectivity index (χ0n) is 12.0. The van der Waals surface area contributed by atoms with Crippen molar-refractivity contribution in [3.05, 3.63) is 22.7 Å². The van der Waals surface area contributed by atoms with Crippen LogP contribution in [0.1, 0.15) is 31.2 Å². The van der Waals surface area contributed by atoms with Gasteiger partial charge in [0.2, 0.25) is 10.0 Å². The van der Waals surface area contributed by atoms with Gasteiger partial charge in [0.1, 0.15) is 0 Å². The van der Waals surface area contributed by atoms with Crippen molar-refractivity contribution in [3.8, 4) is 0 Å². The first-order valence-electron chi connectivity index (χ1n) is 7.06. The van der Waals surface area contributed by atoms with Gasteiger partial charge >= 0.3 is 0 Å². The number of aliphatic hydroxyl groups excluding tert-OH is 1. The molecule has 0 aliphatic carbocycles. The fourth-order valence-electron chi connectivity index (χ4n) is 2.72. The molecular weight excluding hydrogens is 312 g/mol. The molecule has 1 aliphatic heterocycles. The van der Waals surface area contributed by atoms with E-state index in [2.05, 4.69) is 0 Å². The third-order valence-electron chi connectivity index (χ3n) is 3.91. The summed E-state index contributed by atoms with van der Waals surface area (Å²) in [6.07, 6.45) is 3.39. The van der Waals surface area contributed by atoms with Crippen LogP contribution < -0.4 is 5.73 Å². The Kier molecular flexibility index (Phi) is 5.14. The Hall–Kier alpha value is -0.820. The van der Waals surface area contributed by atoms with E-state index in [0.29, 0.717) is 23.6 Å². The third kappa shape index (κ3) is 3.34. The number of halogens is 1. The molecule has 1 aliphatic rings. The molecule has 0 spiro atoms. The Morgan fingerprint density at radius 1 is 1.38 bits per heavy atom. The highest BCUT2D eigenvalue weighted by molar-refractivity contribution is 7.89. The second-order valence-corrected chi connectivity index (χ2v) is 7.71. The molecule has 0 amide bonds. The van der Waals surface area contributed by atoms with Crippen molar-refractivity contribution in [3.63, 3.8) is 0 Å². The molecule has 1 fully saturated rings. The van der Waals surface area contributed by atoms with Gasteiger partial charge in [-0.2, -0.15) is 4.31 Å². The Morgan fingerprint density at radius 2 is 2.10 bits per heavy atom. The van der Waals surface area contributed by atoms with Gasteiger partial charge in [-0.25, -0.2) is 8.42 Å². The maximum Gasteiger partial charge on any atom is 0.243 e. The highest BCUT2D eigenvalue weighted by Crippen LogP contribution is 2.31. The fraction of sp³-hybridized carbons (Fsp3) is 0.571. The van der Waals surface area contributed by atoms with Gasteiger partial charge < -0.3 is 10.8 Å². The molecule has 7 heteroatoms. The van der Waals surface area contributed by atoms with Gasteiger partial charge in [-0.1, -0.05) is 24.4 Å². The zero-order valence-corrected chi connectivity index (χ0v) is 13.6. The molecule has 3 N–H and O–H groups in total. The number of sulfonamides is 1. The van der Waals surface area contributed by atoms with Crippen LogP contribution in [0.25, 0.3) is 0 Å². The van der Waals surface area contributed by atoms with Gasteiger partial charge in [-0.05, 0) is 37.5 Å². The van der Waals surface area contributed by atoms with Crippen LogP contribution in [0, 0.1) is 6.92 Å². The predicted octanol–water partition coefficient (Wildman–Crippen LogP) is 2.16. The average Bonchev–Trinajstić information content (AvgIpc) is 2.68. The minimum Gasteiger partial charge on any atom is -0.397 e. The van der Waals surface area contributed by atoms with Crippen molar-refractivity contribution in [2.75, 3.05) is 18.9 Å². The van der Waals surface area contributed by atoms with E-state index in [0.717, 1.165) is 19.3 Å². The van der Waals surface area contributed by atoms with Crippen LogP contribution in [0.5, 0.6) is 0 Å². The van der Waals surface area contributed by atoms with Gasteiger partial charge in [0.05, 0.1) is 22.2 Å². The molecule has 1 aromatic rings. The van der Waals surface area contributed by atoms with Crippen molar-refractivity contribution >= 4 is 27.3 Å². The second kappa shape index (κ2) is 6.52. The molecule has 1 saturated heterocycles. The second-order valence-electron chi connectivity index (χ2n) is 5.44. The zero-order chi connectivity index (χ0) is 15.6. The van der Waals surface area contributed by atoms with Gasteiger partial charge in [0.15, 0.2) is 0 Å². The Labute approximate surface area is 130 Å². The summed E-state index contributed by atoms with van der Waals surface area (Å²) in [5, 5.41) is 9.86. The first-order valence-corrected chi connectivity index (χ1v) is 8.88. The van der Waals surface area contributed by atoms with E-state index in [9.17, 15) is 13.5 Å². The van der Waals surface area contributed by atoms with Crippen LogP contribution in [0.15, 0.2) is 17.0 Å². The summed E-state index contributed by atoms with van der Waals surface area (Å²) in [7, 11) is -3.68. The van der Waals surface area contributed by atoms with E-state index < -0.39 is 10.0 Å². The summed E-state index contributed by atoms with van der Waals surface area (Å²) in [6, 6.07) is 2.61. The molecule has 0 aromatic heterocycles. The molecule has 0 saturated carbocycles. The van der Waals surface area contributed by atoms with Crippen LogP contribution >= 0.6 is 11.6 Å². The number of benzene rings is 1. The summed E-state index contributed by atoms with van der Waals surface area (Å²) in [6.45, 7) is 1.96. The standard InChI is InChI=1S/C14H21ClN2O3S/c1-10-7-12(15)13(16)8-14(10)21(19,20)17-6-4-2-3-5-11(17)9-18/h7-8,11,18H,2-6,9,16H2,1H3. The molecule has 1 aromatic carbocycles. The predicted molar refractivity (Wildman–Crippen MR) is 83.8 cm³/mol. The third-order valence-corrected chi connectivity index (χ3v) is 6.34. The average molecular weight is 333 g/mol. The molecule has 0 bridgehead atoms. The largest absolute Gasteiger partial charge is 0.397 e. The van der Waals surface area contributed by atoms with Crippen LogP contribution in [0.2, 0.25) is 5.02 Å². The molecule has 5 nitrogen and oxygen atoms in total. The SMILES string of the molecule is Cc1cc(Cl)c(N)cc1S(=O)(=O)N1CCCCCC1CO. The molecule has 118 valence electrons. The molecule has 0 radical (unpaired) electrons. The van der Waals surface area contributed by atoms with Crippen LogP contribution in [0.4, 0.5) is 5.69 Å². The number of rotatable bonds is 3. The van der Waals surface area contributed by atoms with Crippen molar-refractivity contribution in [2.24, 2.45) is 0 Å². The summed E-state index contributed by atoms with van der Waals surface area (Å²) in [5.74, 6) is 0. The molecule has 1 atom stereocenters. The van der Waals surface area contributed by atoms with Gasteiger partial charge in [-0.3, -0.25) is 0 Å². The number of anilines is 1. The lowest BCUT2D eigenvalue weighted by molar-refractivity contribution is 0.186. The van der Waals surface area contributed by atoms with Crippen LogP contribution in [-0.4, -0.2) is 37.0 Å². The number of nitrogen functional groups attached to an aromatic ring is 1. The van der Waals surface area contributed by atoms with E-state index in [1.807, 2.05) is 0 Å². The smallest absolute Gasteiger partial charge is 0.243 e. The Morgan fingerprint density at radius 3 is 2.76 bits per heavy atom. The molecule has 1 unspecified atom stereocenters. The van der Waals surface area contributed by atoms with Crippen molar-refractivity contribution in [1.29, 1.82) is 0 Å². The topological polar surface area (TPSA) is 83.6 Å². The molecule has 1 heterocycles. The van der Waals surface area contributed by atoms with E-state index in [-0.39, 0.29) is 23.2 Å². The fourth-order valence-corrected chi connectivity index (χ4v) is 4.87. The van der Waals surface area contributed by atoms with Crippen molar-refractivity contribution in [2.45, 2.75) is 43.5 Å². The Bertz CT molecular complexity index is 619. The van der Waals surface area contributed by atoms with Crippen molar-refractivity contribution < 1.29 is 13.5 Å². The van der Waals surface area contributed by atoms with E-state index in [1.54, 1.807) is 13.0 Å². The number of aliphatic hydroxyl groups is 1. The lowest BCUT2D eigenvalue weighted by Gasteiger charge is -2.28. The van der Waals surface area contributed by atoms with Gasteiger partial charge in [0.25, 0.3) is 0 Å². The summed E-state index contributed by atoms with van der Waals surface area (Å²) < 4.78 is 27.2. The van der Waals surface area contributed by atoms with Crippen LogP contribution in [-0.2, 0) is 10.0 Å². The monoisotopic (exact) mass is 332 g/mol. The number of nitrogens with zero attached hydrogens (tertiary/aromatic N) is 1. The Balaban J connectivity index is 2.47. The normalized spacial score (nSPS) is 21.2. The summed E-state index contributed by atoms with van der Waals surface area (Å²) in [4.78, 5) is 0.171. The minimum atomic E-state index is -3.68. The van der Waals surface area contributed by atoms with Crippen LogP contribution in [0.3, 0.4) is 0 Å². The summed E-state index contributed by atoms with van der Waals surface area (Å²) in [5.41, 5.74) is 6.56. The summed E-state index contributed by atoms with van der Waals surface area (Å²) >= 11 is 5.93. The minimum absolute atomic E-state index is 0.165. The molecular formula is C14H21ClN2O3S. The maximum absolute atomic E-state index is 12.9.